The Balaban J connectivity index is 2.44. The van der Waals surface area contributed by atoms with Gasteiger partial charge in [-0.1, -0.05) is 25.1 Å². The summed E-state index contributed by atoms with van der Waals surface area (Å²) in [7, 11) is 0. The second kappa shape index (κ2) is 5.16. The van der Waals surface area contributed by atoms with Gasteiger partial charge in [0, 0.05) is 12.0 Å². The molecule has 1 saturated carbocycles. The molecule has 0 amide bonds. The van der Waals surface area contributed by atoms with Crippen LogP contribution in [0.5, 0.6) is 0 Å². The van der Waals surface area contributed by atoms with E-state index in [9.17, 15) is 13.2 Å². The van der Waals surface area contributed by atoms with E-state index < -0.39 is 17.2 Å². The molecular formula is C15H20F3N. The number of hydrogen-bond donors (Lipinski definition) is 1. The van der Waals surface area contributed by atoms with Crippen molar-refractivity contribution in [2.75, 3.05) is 6.54 Å². The van der Waals surface area contributed by atoms with Gasteiger partial charge in [0.2, 0.25) is 0 Å². The first-order valence-electron chi connectivity index (χ1n) is 6.76. The van der Waals surface area contributed by atoms with Crippen LogP contribution in [0.3, 0.4) is 0 Å². The first kappa shape index (κ1) is 14.4. The Bertz CT molecular complexity index is 431. The summed E-state index contributed by atoms with van der Waals surface area (Å²) in [5.74, 6) is 0.581. The van der Waals surface area contributed by atoms with Crippen molar-refractivity contribution in [3.8, 4) is 0 Å². The highest BCUT2D eigenvalue weighted by molar-refractivity contribution is 5.37. The number of nitrogens with two attached hydrogens (primary N) is 1. The molecule has 1 aromatic carbocycles. The standard InChI is InChI=1S/C15H20F3N/c1-11-6-8-14(10-19,9-7-11)12-4-2-3-5-13(12)15(16,17)18/h2-5,11H,6-10,19H2,1H3. The van der Waals surface area contributed by atoms with Gasteiger partial charge in [-0.05, 0) is 43.2 Å². The third kappa shape index (κ3) is 2.78. The molecule has 0 aromatic heterocycles. The summed E-state index contributed by atoms with van der Waals surface area (Å²) >= 11 is 0. The minimum Gasteiger partial charge on any atom is -0.330 e. The molecule has 0 heterocycles. The maximum absolute atomic E-state index is 13.1. The number of hydrogen-bond acceptors (Lipinski definition) is 1. The summed E-state index contributed by atoms with van der Waals surface area (Å²) in [6, 6.07) is 5.90. The molecule has 0 aliphatic heterocycles. The predicted octanol–water partition coefficient (Wildman–Crippen LogP) is 4.11. The van der Waals surface area contributed by atoms with Crippen LogP contribution in [0.2, 0.25) is 0 Å². The van der Waals surface area contributed by atoms with E-state index in [0.717, 1.165) is 25.7 Å². The minimum absolute atomic E-state index is 0.285. The molecule has 0 unspecified atom stereocenters. The molecule has 0 spiro atoms. The predicted molar refractivity (Wildman–Crippen MR) is 69.8 cm³/mol. The fourth-order valence-corrected chi connectivity index (χ4v) is 3.09. The van der Waals surface area contributed by atoms with E-state index in [2.05, 4.69) is 6.92 Å². The fraction of sp³-hybridized carbons (Fsp3) is 0.600. The zero-order chi connectivity index (χ0) is 14.1. The summed E-state index contributed by atoms with van der Waals surface area (Å²) in [4.78, 5) is 0. The Kier molecular flexibility index (Phi) is 3.90. The van der Waals surface area contributed by atoms with Crippen molar-refractivity contribution < 1.29 is 13.2 Å². The van der Waals surface area contributed by atoms with Gasteiger partial charge in [0.05, 0.1) is 5.56 Å². The normalized spacial score (nSPS) is 28.4. The van der Waals surface area contributed by atoms with Crippen molar-refractivity contribution in [3.63, 3.8) is 0 Å². The molecule has 2 N–H and O–H groups in total. The lowest BCUT2D eigenvalue weighted by Gasteiger charge is -2.40. The molecule has 1 aliphatic carbocycles. The van der Waals surface area contributed by atoms with Crippen LogP contribution >= 0.6 is 0 Å². The number of rotatable bonds is 2. The van der Waals surface area contributed by atoms with E-state index >= 15 is 0 Å². The Morgan fingerprint density at radius 1 is 1.21 bits per heavy atom. The number of benzene rings is 1. The quantitative estimate of drug-likeness (QED) is 0.860. The molecule has 1 fully saturated rings. The first-order valence-corrected chi connectivity index (χ1v) is 6.76. The van der Waals surface area contributed by atoms with Crippen LogP contribution < -0.4 is 5.73 Å². The van der Waals surface area contributed by atoms with Gasteiger partial charge >= 0.3 is 6.18 Å². The van der Waals surface area contributed by atoms with Gasteiger partial charge in [0.15, 0.2) is 0 Å². The summed E-state index contributed by atoms with van der Waals surface area (Å²) in [5, 5.41) is 0. The van der Waals surface area contributed by atoms with E-state index in [-0.39, 0.29) is 6.54 Å². The molecule has 0 atom stereocenters. The van der Waals surface area contributed by atoms with Crippen LogP contribution in [0, 0.1) is 5.92 Å². The number of halogens is 3. The van der Waals surface area contributed by atoms with Crippen molar-refractivity contribution in [3.05, 3.63) is 35.4 Å². The Morgan fingerprint density at radius 2 is 1.79 bits per heavy atom. The van der Waals surface area contributed by atoms with Gasteiger partial charge in [0.1, 0.15) is 0 Å². The third-order valence-corrected chi connectivity index (χ3v) is 4.43. The third-order valence-electron chi connectivity index (χ3n) is 4.43. The van der Waals surface area contributed by atoms with Crippen LogP contribution in [0.25, 0.3) is 0 Å². The zero-order valence-corrected chi connectivity index (χ0v) is 11.1. The van der Waals surface area contributed by atoms with Crippen molar-refractivity contribution in [1.82, 2.24) is 0 Å². The van der Waals surface area contributed by atoms with E-state index in [1.807, 2.05) is 0 Å². The van der Waals surface area contributed by atoms with Crippen LogP contribution in [-0.4, -0.2) is 6.54 Å². The van der Waals surface area contributed by atoms with Crippen molar-refractivity contribution in [2.24, 2.45) is 11.7 Å². The average molecular weight is 271 g/mol. The summed E-state index contributed by atoms with van der Waals surface area (Å²) in [5.41, 5.74) is 5.23. The summed E-state index contributed by atoms with van der Waals surface area (Å²) in [6.07, 6.45) is -0.913. The lowest BCUT2D eigenvalue weighted by atomic mass is 9.66. The molecule has 1 aromatic rings. The average Bonchev–Trinajstić information content (AvgIpc) is 2.39. The van der Waals surface area contributed by atoms with Crippen LogP contribution in [0.15, 0.2) is 24.3 Å². The second-order valence-electron chi connectivity index (χ2n) is 5.71. The van der Waals surface area contributed by atoms with E-state index in [1.54, 1.807) is 12.1 Å². The van der Waals surface area contributed by atoms with Gasteiger partial charge in [-0.15, -0.1) is 0 Å². The molecule has 106 valence electrons. The van der Waals surface area contributed by atoms with Crippen molar-refractivity contribution in [2.45, 2.75) is 44.2 Å². The van der Waals surface area contributed by atoms with Gasteiger partial charge in [-0.3, -0.25) is 0 Å². The van der Waals surface area contributed by atoms with Crippen molar-refractivity contribution >= 4 is 0 Å². The van der Waals surface area contributed by atoms with Gasteiger partial charge < -0.3 is 5.73 Å². The fourth-order valence-electron chi connectivity index (χ4n) is 3.09. The first-order chi connectivity index (χ1) is 8.89. The molecule has 0 bridgehead atoms. The molecular weight excluding hydrogens is 251 g/mol. The van der Waals surface area contributed by atoms with Gasteiger partial charge in [0.25, 0.3) is 0 Å². The van der Waals surface area contributed by atoms with Crippen LogP contribution in [0.4, 0.5) is 13.2 Å². The molecule has 0 radical (unpaired) electrons. The highest BCUT2D eigenvalue weighted by Gasteiger charge is 2.42. The van der Waals surface area contributed by atoms with E-state index in [4.69, 9.17) is 5.73 Å². The van der Waals surface area contributed by atoms with E-state index in [1.165, 1.54) is 12.1 Å². The maximum atomic E-state index is 13.1. The Morgan fingerprint density at radius 3 is 2.32 bits per heavy atom. The lowest BCUT2D eigenvalue weighted by molar-refractivity contribution is -0.139. The topological polar surface area (TPSA) is 26.0 Å². The Hall–Kier alpha value is -1.03. The smallest absolute Gasteiger partial charge is 0.330 e. The monoisotopic (exact) mass is 271 g/mol. The van der Waals surface area contributed by atoms with Gasteiger partial charge in [-0.25, -0.2) is 0 Å². The Labute approximate surface area is 112 Å². The van der Waals surface area contributed by atoms with Gasteiger partial charge in [-0.2, -0.15) is 13.2 Å². The lowest BCUT2D eigenvalue weighted by Crippen LogP contribution is -2.40. The largest absolute Gasteiger partial charge is 0.416 e. The molecule has 1 nitrogen and oxygen atoms in total. The molecule has 0 saturated heterocycles. The highest BCUT2D eigenvalue weighted by Crippen LogP contribution is 2.45. The summed E-state index contributed by atoms with van der Waals surface area (Å²) < 4.78 is 39.4. The SMILES string of the molecule is CC1CCC(CN)(c2ccccc2C(F)(F)F)CC1. The number of alkyl halides is 3. The molecule has 2 rings (SSSR count). The van der Waals surface area contributed by atoms with Crippen molar-refractivity contribution in [1.29, 1.82) is 0 Å². The maximum Gasteiger partial charge on any atom is 0.416 e. The minimum atomic E-state index is -4.30. The zero-order valence-electron chi connectivity index (χ0n) is 11.1. The molecule has 4 heteroatoms. The summed E-state index contributed by atoms with van der Waals surface area (Å²) in [6.45, 7) is 2.43. The van der Waals surface area contributed by atoms with E-state index in [0.29, 0.717) is 11.5 Å². The second-order valence-corrected chi connectivity index (χ2v) is 5.71. The highest BCUT2D eigenvalue weighted by atomic mass is 19.4. The molecule has 1 aliphatic rings. The molecule has 19 heavy (non-hydrogen) atoms. The van der Waals surface area contributed by atoms with Crippen LogP contribution in [-0.2, 0) is 11.6 Å². The van der Waals surface area contributed by atoms with Crippen LogP contribution in [0.1, 0.15) is 43.7 Å².